The first kappa shape index (κ1) is 9.75. The van der Waals surface area contributed by atoms with Gasteiger partial charge in [0.1, 0.15) is 0 Å². The lowest BCUT2D eigenvalue weighted by Gasteiger charge is -2.22. The Labute approximate surface area is 85.3 Å². The Kier molecular flexibility index (Phi) is 2.38. The van der Waals surface area contributed by atoms with Gasteiger partial charge in [-0.25, -0.2) is 4.79 Å². The van der Waals surface area contributed by atoms with Crippen LogP contribution in [0.2, 0.25) is 0 Å². The van der Waals surface area contributed by atoms with Gasteiger partial charge in [-0.2, -0.15) is 0 Å². The van der Waals surface area contributed by atoms with Crippen molar-refractivity contribution in [1.82, 2.24) is 0 Å². The van der Waals surface area contributed by atoms with Crippen LogP contribution in [0.15, 0.2) is 11.6 Å². The maximum absolute atomic E-state index is 11.3. The summed E-state index contributed by atoms with van der Waals surface area (Å²) in [6.07, 6.45) is 8.71. The second kappa shape index (κ2) is 3.41. The predicted molar refractivity (Wildman–Crippen MR) is 54.8 cm³/mol. The molecule has 0 unspecified atom stereocenters. The van der Waals surface area contributed by atoms with E-state index < -0.39 is 0 Å². The molecule has 0 heterocycles. The van der Waals surface area contributed by atoms with Gasteiger partial charge in [0.25, 0.3) is 0 Å². The summed E-state index contributed by atoms with van der Waals surface area (Å²) in [4.78, 5) is 11.3. The molecule has 2 saturated carbocycles. The van der Waals surface area contributed by atoms with E-state index in [9.17, 15) is 4.79 Å². The average molecular weight is 194 g/mol. The number of hydrogen-bond donors (Lipinski definition) is 0. The van der Waals surface area contributed by atoms with Gasteiger partial charge in [-0.15, -0.1) is 0 Å². The lowest BCUT2D eigenvalue weighted by Crippen LogP contribution is -2.13. The third-order valence-corrected chi connectivity index (χ3v) is 3.83. The number of ether oxygens (including phenoxy) is 1. The fourth-order valence-electron chi connectivity index (χ4n) is 3.12. The highest BCUT2D eigenvalue weighted by Crippen LogP contribution is 2.55. The molecule has 0 radical (unpaired) electrons. The predicted octanol–water partition coefficient (Wildman–Crippen LogP) is 2.69. The molecule has 0 amide bonds. The zero-order valence-electron chi connectivity index (χ0n) is 9.01. The summed E-state index contributed by atoms with van der Waals surface area (Å²) in [7, 11) is 1.45. The molecule has 0 aliphatic heterocycles. The van der Waals surface area contributed by atoms with Crippen molar-refractivity contribution >= 4 is 5.97 Å². The molecule has 0 spiro atoms. The van der Waals surface area contributed by atoms with Crippen LogP contribution in [0.5, 0.6) is 0 Å². The van der Waals surface area contributed by atoms with E-state index in [0.717, 1.165) is 11.5 Å². The van der Waals surface area contributed by atoms with E-state index in [1.807, 2.05) is 6.92 Å². The molecule has 0 atom stereocenters. The van der Waals surface area contributed by atoms with Crippen LogP contribution in [-0.2, 0) is 9.53 Å². The van der Waals surface area contributed by atoms with Crippen LogP contribution in [0.1, 0.15) is 39.0 Å². The molecule has 0 aromatic rings. The fourth-order valence-corrected chi connectivity index (χ4v) is 3.12. The minimum Gasteiger partial charge on any atom is -0.466 e. The largest absolute Gasteiger partial charge is 0.466 e. The molecule has 2 nitrogen and oxygen atoms in total. The van der Waals surface area contributed by atoms with Crippen molar-refractivity contribution in [2.24, 2.45) is 11.3 Å². The van der Waals surface area contributed by atoms with E-state index in [4.69, 9.17) is 4.74 Å². The number of allylic oxidation sites excluding steroid dienone is 1. The van der Waals surface area contributed by atoms with E-state index in [1.54, 1.807) is 0 Å². The van der Waals surface area contributed by atoms with Crippen LogP contribution >= 0.6 is 0 Å². The number of carbonyl (C=O) groups is 1. The van der Waals surface area contributed by atoms with E-state index in [2.05, 4.69) is 6.08 Å². The number of esters is 1. The molecule has 2 fully saturated rings. The van der Waals surface area contributed by atoms with Crippen molar-refractivity contribution < 1.29 is 9.53 Å². The molecule has 2 aliphatic rings. The molecule has 0 N–H and O–H groups in total. The molecule has 0 aromatic carbocycles. The highest BCUT2D eigenvalue weighted by atomic mass is 16.5. The van der Waals surface area contributed by atoms with Crippen LogP contribution in [0.4, 0.5) is 0 Å². The molecular weight excluding hydrogens is 176 g/mol. The number of rotatable bonds is 2. The number of fused-ring (bicyclic) bond motifs is 2. The lowest BCUT2D eigenvalue weighted by atomic mass is 9.83. The summed E-state index contributed by atoms with van der Waals surface area (Å²) in [5.74, 6) is 0.756. The Hall–Kier alpha value is -0.790. The van der Waals surface area contributed by atoms with Crippen LogP contribution in [-0.4, -0.2) is 13.1 Å². The topological polar surface area (TPSA) is 26.3 Å². The van der Waals surface area contributed by atoms with Crippen LogP contribution in [0.25, 0.3) is 0 Å². The van der Waals surface area contributed by atoms with Gasteiger partial charge in [-0.3, -0.25) is 0 Å². The van der Waals surface area contributed by atoms with Crippen molar-refractivity contribution in [3.05, 3.63) is 11.6 Å². The van der Waals surface area contributed by atoms with Gasteiger partial charge < -0.3 is 4.74 Å². The van der Waals surface area contributed by atoms with E-state index in [0.29, 0.717) is 5.41 Å². The van der Waals surface area contributed by atoms with E-state index in [1.165, 1.54) is 39.2 Å². The van der Waals surface area contributed by atoms with Crippen LogP contribution in [0.3, 0.4) is 0 Å². The SMILES string of the molecule is COC(=O)/C(C)=C/C12CCC(CC1)C2. The Balaban J connectivity index is 2.12. The first-order valence-corrected chi connectivity index (χ1v) is 5.43. The monoisotopic (exact) mass is 194 g/mol. The molecule has 0 saturated heterocycles. The van der Waals surface area contributed by atoms with Crippen molar-refractivity contribution in [1.29, 1.82) is 0 Å². The van der Waals surface area contributed by atoms with E-state index >= 15 is 0 Å². The summed E-state index contributed by atoms with van der Waals surface area (Å²) in [6.45, 7) is 1.87. The summed E-state index contributed by atoms with van der Waals surface area (Å²) < 4.78 is 4.72. The normalized spacial score (nSPS) is 36.1. The minimum absolute atomic E-state index is 0.172. The number of carbonyl (C=O) groups excluding carboxylic acids is 1. The van der Waals surface area contributed by atoms with Crippen molar-refractivity contribution in [2.45, 2.75) is 39.0 Å². The lowest BCUT2D eigenvalue weighted by molar-refractivity contribution is -0.136. The van der Waals surface area contributed by atoms with Gasteiger partial charge in [0, 0.05) is 5.57 Å². The molecule has 0 aromatic heterocycles. The molecule has 2 aliphatic carbocycles. The number of methoxy groups -OCH3 is 1. The first-order valence-electron chi connectivity index (χ1n) is 5.43. The Bertz CT molecular complexity index is 270. The van der Waals surface area contributed by atoms with E-state index in [-0.39, 0.29) is 5.97 Å². The van der Waals surface area contributed by atoms with Crippen LogP contribution in [0, 0.1) is 11.3 Å². The zero-order chi connectivity index (χ0) is 10.2. The van der Waals surface area contributed by atoms with Crippen molar-refractivity contribution in [2.75, 3.05) is 7.11 Å². The standard InChI is InChI=1S/C12H18O2/c1-9(11(13)14-2)7-12-5-3-10(8-12)4-6-12/h7,10H,3-6,8H2,1-2H3/b9-7+. The van der Waals surface area contributed by atoms with Crippen molar-refractivity contribution in [3.63, 3.8) is 0 Å². The number of hydrogen-bond acceptors (Lipinski definition) is 2. The average Bonchev–Trinajstić information content (AvgIpc) is 2.75. The molecule has 2 bridgehead atoms. The van der Waals surface area contributed by atoms with Crippen LogP contribution < -0.4 is 0 Å². The quantitative estimate of drug-likeness (QED) is 0.499. The zero-order valence-corrected chi connectivity index (χ0v) is 9.01. The molecule has 2 heteroatoms. The summed E-state index contributed by atoms with van der Waals surface area (Å²) >= 11 is 0. The maximum Gasteiger partial charge on any atom is 0.333 e. The second-order valence-corrected chi connectivity index (χ2v) is 4.83. The first-order chi connectivity index (χ1) is 6.65. The highest BCUT2D eigenvalue weighted by Gasteiger charge is 2.43. The summed E-state index contributed by atoms with van der Waals surface area (Å²) in [6, 6.07) is 0. The third kappa shape index (κ3) is 1.58. The Morgan fingerprint density at radius 2 is 2.07 bits per heavy atom. The molecular formula is C12H18O2. The minimum atomic E-state index is -0.172. The van der Waals surface area contributed by atoms with Crippen molar-refractivity contribution in [3.8, 4) is 0 Å². The van der Waals surface area contributed by atoms with Gasteiger partial charge >= 0.3 is 5.97 Å². The Morgan fingerprint density at radius 1 is 1.43 bits per heavy atom. The molecule has 14 heavy (non-hydrogen) atoms. The molecule has 78 valence electrons. The van der Waals surface area contributed by atoms with Gasteiger partial charge in [0.05, 0.1) is 7.11 Å². The van der Waals surface area contributed by atoms with Gasteiger partial charge in [0.15, 0.2) is 0 Å². The summed E-state index contributed by atoms with van der Waals surface area (Å²) in [5.41, 5.74) is 1.14. The maximum atomic E-state index is 11.3. The molecule has 2 rings (SSSR count). The summed E-state index contributed by atoms with van der Waals surface area (Å²) in [5, 5.41) is 0. The Morgan fingerprint density at radius 3 is 2.50 bits per heavy atom. The van der Waals surface area contributed by atoms with Gasteiger partial charge in [-0.05, 0) is 50.4 Å². The second-order valence-electron chi connectivity index (χ2n) is 4.83. The van der Waals surface area contributed by atoms with Gasteiger partial charge in [0.2, 0.25) is 0 Å². The smallest absolute Gasteiger partial charge is 0.333 e. The fraction of sp³-hybridized carbons (Fsp3) is 0.750. The van der Waals surface area contributed by atoms with Gasteiger partial charge in [-0.1, -0.05) is 6.08 Å². The third-order valence-electron chi connectivity index (χ3n) is 3.83. The highest BCUT2D eigenvalue weighted by molar-refractivity contribution is 5.87.